The second-order valence-corrected chi connectivity index (χ2v) is 6.33. The maximum absolute atomic E-state index is 12.6. The maximum Gasteiger partial charge on any atom is 0.416 e. The number of nitrogen functional groups attached to an aromatic ring is 1. The van der Waals surface area contributed by atoms with Gasteiger partial charge in [-0.1, -0.05) is 6.92 Å². The Morgan fingerprint density at radius 1 is 1.12 bits per heavy atom. The summed E-state index contributed by atoms with van der Waals surface area (Å²) < 4.78 is 37.9. The van der Waals surface area contributed by atoms with Crippen molar-refractivity contribution in [1.29, 1.82) is 0 Å². The third kappa shape index (κ3) is 3.94. The minimum Gasteiger partial charge on any atom is -0.393 e. The van der Waals surface area contributed by atoms with Gasteiger partial charge in [-0.2, -0.15) is 13.2 Å². The molecule has 1 aromatic carbocycles. The van der Waals surface area contributed by atoms with Crippen molar-refractivity contribution in [2.24, 2.45) is 5.92 Å². The van der Waals surface area contributed by atoms with Gasteiger partial charge in [0.2, 0.25) is 0 Å². The summed E-state index contributed by atoms with van der Waals surface area (Å²) in [5, 5.41) is 2.97. The lowest BCUT2D eigenvalue weighted by Crippen LogP contribution is -2.34. The first-order chi connectivity index (χ1) is 11.8. The Hall–Kier alpha value is -2.51. The van der Waals surface area contributed by atoms with E-state index in [-0.39, 0.29) is 0 Å². The molecular weight excluding hydrogens is 331 g/mol. The molecule has 1 fully saturated rings. The topological polar surface area (TPSA) is 67.1 Å². The Bertz CT molecular complexity index is 722. The second kappa shape index (κ2) is 6.78. The van der Waals surface area contributed by atoms with Crippen molar-refractivity contribution in [2.75, 3.05) is 29.0 Å². The van der Waals surface area contributed by atoms with Gasteiger partial charge in [0.1, 0.15) is 12.0 Å². The van der Waals surface area contributed by atoms with Gasteiger partial charge in [-0.15, -0.1) is 0 Å². The zero-order chi connectivity index (χ0) is 18.0. The SMILES string of the molecule is CC1CCN(c2ncnc(Nc3ccc(C(F)(F)F)cc3)c2N)CC1. The number of nitrogens with two attached hydrogens (primary N) is 1. The molecule has 134 valence electrons. The number of benzene rings is 1. The van der Waals surface area contributed by atoms with Crippen molar-refractivity contribution in [3.05, 3.63) is 36.2 Å². The number of aromatic nitrogens is 2. The van der Waals surface area contributed by atoms with Crippen molar-refractivity contribution in [3.63, 3.8) is 0 Å². The summed E-state index contributed by atoms with van der Waals surface area (Å²) in [5.41, 5.74) is 6.37. The summed E-state index contributed by atoms with van der Waals surface area (Å²) in [7, 11) is 0. The van der Waals surface area contributed by atoms with E-state index in [0.717, 1.165) is 38.1 Å². The van der Waals surface area contributed by atoms with E-state index in [1.165, 1.54) is 18.5 Å². The Morgan fingerprint density at radius 3 is 2.36 bits per heavy atom. The van der Waals surface area contributed by atoms with E-state index in [0.29, 0.717) is 28.9 Å². The molecule has 3 N–H and O–H groups in total. The fraction of sp³-hybridized carbons (Fsp3) is 0.412. The van der Waals surface area contributed by atoms with Gasteiger partial charge in [0.15, 0.2) is 11.6 Å². The van der Waals surface area contributed by atoms with Crippen LogP contribution in [0.1, 0.15) is 25.3 Å². The van der Waals surface area contributed by atoms with E-state index >= 15 is 0 Å². The standard InChI is InChI=1S/C17H20F3N5/c1-11-6-8-25(9-7-11)16-14(21)15(22-10-23-16)24-13-4-2-12(3-5-13)17(18,19)20/h2-5,10-11H,6-9,21H2,1H3,(H,22,23,24). The highest BCUT2D eigenvalue weighted by Gasteiger charge is 2.30. The molecule has 1 aliphatic heterocycles. The van der Waals surface area contributed by atoms with Crippen LogP contribution in [0.2, 0.25) is 0 Å². The molecular formula is C17H20F3N5. The molecule has 8 heteroatoms. The highest BCUT2D eigenvalue weighted by Crippen LogP contribution is 2.33. The van der Waals surface area contributed by atoms with Crippen LogP contribution in [0.15, 0.2) is 30.6 Å². The number of alkyl halides is 3. The molecule has 1 aliphatic rings. The summed E-state index contributed by atoms with van der Waals surface area (Å²) in [5.74, 6) is 1.74. The van der Waals surface area contributed by atoms with Gasteiger partial charge < -0.3 is 16.0 Å². The molecule has 1 aromatic heterocycles. The van der Waals surface area contributed by atoms with Gasteiger partial charge in [-0.05, 0) is 43.0 Å². The first-order valence-corrected chi connectivity index (χ1v) is 8.14. The Labute approximate surface area is 144 Å². The van der Waals surface area contributed by atoms with Crippen LogP contribution in [0.25, 0.3) is 0 Å². The summed E-state index contributed by atoms with van der Waals surface area (Å²) >= 11 is 0. The number of piperidine rings is 1. The van der Waals surface area contributed by atoms with E-state index in [4.69, 9.17) is 5.73 Å². The van der Waals surface area contributed by atoms with Gasteiger partial charge >= 0.3 is 6.18 Å². The molecule has 25 heavy (non-hydrogen) atoms. The van der Waals surface area contributed by atoms with E-state index in [1.54, 1.807) is 0 Å². The first kappa shape index (κ1) is 17.3. The number of hydrogen-bond donors (Lipinski definition) is 2. The Kier molecular flexibility index (Phi) is 4.69. The van der Waals surface area contributed by atoms with E-state index < -0.39 is 11.7 Å². The molecule has 0 bridgehead atoms. The minimum absolute atomic E-state index is 0.392. The van der Waals surface area contributed by atoms with Gasteiger partial charge in [-0.3, -0.25) is 0 Å². The van der Waals surface area contributed by atoms with Crippen LogP contribution in [-0.4, -0.2) is 23.1 Å². The summed E-state index contributed by atoms with van der Waals surface area (Å²) in [6.07, 6.45) is -0.794. The van der Waals surface area contributed by atoms with Gasteiger partial charge in [0.25, 0.3) is 0 Å². The monoisotopic (exact) mass is 351 g/mol. The molecule has 2 aromatic rings. The normalized spacial score (nSPS) is 16.1. The van der Waals surface area contributed by atoms with Crippen LogP contribution in [0.3, 0.4) is 0 Å². The number of hydrogen-bond acceptors (Lipinski definition) is 5. The first-order valence-electron chi connectivity index (χ1n) is 8.14. The largest absolute Gasteiger partial charge is 0.416 e. The van der Waals surface area contributed by atoms with Crippen molar-refractivity contribution in [3.8, 4) is 0 Å². The molecule has 0 amide bonds. The predicted octanol–water partition coefficient (Wildman–Crippen LogP) is 4.06. The number of rotatable bonds is 3. The smallest absolute Gasteiger partial charge is 0.393 e. The summed E-state index contributed by atoms with van der Waals surface area (Å²) in [4.78, 5) is 10.5. The zero-order valence-electron chi connectivity index (χ0n) is 13.8. The molecule has 1 saturated heterocycles. The molecule has 5 nitrogen and oxygen atoms in total. The summed E-state index contributed by atoms with van der Waals surface area (Å²) in [6, 6.07) is 4.75. The van der Waals surface area contributed by atoms with Crippen LogP contribution in [0.4, 0.5) is 36.2 Å². The van der Waals surface area contributed by atoms with Crippen LogP contribution in [0.5, 0.6) is 0 Å². The van der Waals surface area contributed by atoms with E-state index in [9.17, 15) is 13.2 Å². The molecule has 0 aliphatic carbocycles. The predicted molar refractivity (Wildman–Crippen MR) is 91.8 cm³/mol. The lowest BCUT2D eigenvalue weighted by molar-refractivity contribution is -0.137. The number of nitrogens with one attached hydrogen (secondary N) is 1. The Morgan fingerprint density at radius 2 is 1.76 bits per heavy atom. The molecule has 2 heterocycles. The fourth-order valence-electron chi connectivity index (χ4n) is 2.84. The molecule has 0 atom stereocenters. The second-order valence-electron chi connectivity index (χ2n) is 6.33. The lowest BCUT2D eigenvalue weighted by Gasteiger charge is -2.32. The zero-order valence-corrected chi connectivity index (χ0v) is 13.8. The maximum atomic E-state index is 12.6. The molecule has 0 saturated carbocycles. The number of halogens is 3. The molecule has 0 spiro atoms. The molecule has 0 radical (unpaired) electrons. The quantitative estimate of drug-likeness (QED) is 0.873. The van der Waals surface area contributed by atoms with Crippen LogP contribution >= 0.6 is 0 Å². The highest BCUT2D eigenvalue weighted by atomic mass is 19.4. The molecule has 0 unspecified atom stereocenters. The average Bonchev–Trinajstić information content (AvgIpc) is 2.57. The van der Waals surface area contributed by atoms with Crippen molar-refractivity contribution in [1.82, 2.24) is 9.97 Å². The number of nitrogens with zero attached hydrogens (tertiary/aromatic N) is 3. The minimum atomic E-state index is -4.36. The third-order valence-corrected chi connectivity index (χ3v) is 4.42. The van der Waals surface area contributed by atoms with Crippen molar-refractivity contribution < 1.29 is 13.2 Å². The average molecular weight is 351 g/mol. The van der Waals surface area contributed by atoms with Crippen LogP contribution in [0, 0.1) is 5.92 Å². The summed E-state index contributed by atoms with van der Waals surface area (Å²) in [6.45, 7) is 3.97. The van der Waals surface area contributed by atoms with Crippen LogP contribution < -0.4 is 16.0 Å². The Balaban J connectivity index is 1.78. The van der Waals surface area contributed by atoms with Gasteiger partial charge in [0.05, 0.1) is 5.56 Å². The van der Waals surface area contributed by atoms with Crippen molar-refractivity contribution in [2.45, 2.75) is 25.9 Å². The fourth-order valence-corrected chi connectivity index (χ4v) is 2.84. The number of anilines is 4. The van der Waals surface area contributed by atoms with E-state index in [2.05, 4.69) is 27.1 Å². The molecule has 3 rings (SSSR count). The van der Waals surface area contributed by atoms with Crippen molar-refractivity contribution >= 4 is 23.0 Å². The van der Waals surface area contributed by atoms with Crippen LogP contribution in [-0.2, 0) is 6.18 Å². The highest BCUT2D eigenvalue weighted by molar-refractivity contribution is 5.78. The van der Waals surface area contributed by atoms with Gasteiger partial charge in [0, 0.05) is 18.8 Å². The van der Waals surface area contributed by atoms with E-state index in [1.807, 2.05) is 0 Å². The van der Waals surface area contributed by atoms with Gasteiger partial charge in [-0.25, -0.2) is 9.97 Å². The lowest BCUT2D eigenvalue weighted by atomic mass is 9.99. The third-order valence-electron chi connectivity index (χ3n) is 4.42.